The van der Waals surface area contributed by atoms with Gasteiger partial charge in [-0.1, -0.05) is 24.2 Å². The minimum atomic E-state index is 0.563. The molecule has 1 aliphatic carbocycles. The van der Waals surface area contributed by atoms with Gasteiger partial charge in [-0.2, -0.15) is 0 Å². The predicted octanol–water partition coefficient (Wildman–Crippen LogP) is 4.75. The minimum Gasteiger partial charge on any atom is -0.334 e. The van der Waals surface area contributed by atoms with Gasteiger partial charge < -0.3 is 5.32 Å². The van der Waals surface area contributed by atoms with Crippen molar-refractivity contribution in [2.24, 2.45) is 10.9 Å². The van der Waals surface area contributed by atoms with Crippen molar-refractivity contribution in [3.05, 3.63) is 27.7 Å². The van der Waals surface area contributed by atoms with E-state index in [-0.39, 0.29) is 0 Å². The Morgan fingerprint density at radius 3 is 2.95 bits per heavy atom. The molecule has 4 heteroatoms. The summed E-state index contributed by atoms with van der Waals surface area (Å²) in [6.45, 7) is 4.27. The van der Waals surface area contributed by atoms with Crippen molar-refractivity contribution in [3.63, 3.8) is 0 Å². The number of aryl methyl sites for hydroxylation is 2. The highest BCUT2D eigenvalue weighted by Crippen LogP contribution is 2.36. The largest absolute Gasteiger partial charge is 0.334 e. The Morgan fingerprint density at radius 2 is 2.16 bits per heavy atom. The Bertz CT molecular complexity index is 504. The molecule has 0 bridgehead atoms. The Labute approximate surface area is 127 Å². The zero-order valence-corrected chi connectivity index (χ0v) is 13.8. The first-order valence-electron chi connectivity index (χ1n) is 6.88. The van der Waals surface area contributed by atoms with E-state index in [0.717, 1.165) is 21.2 Å². The molecule has 2 unspecified atom stereocenters. The quantitative estimate of drug-likeness (QED) is 0.798. The van der Waals surface area contributed by atoms with E-state index in [9.17, 15) is 0 Å². The number of fused-ring (bicyclic) bond motifs is 1. The number of hydrogen-bond acceptors (Lipinski definition) is 3. The van der Waals surface area contributed by atoms with Crippen LogP contribution in [0.4, 0.5) is 5.69 Å². The van der Waals surface area contributed by atoms with Crippen molar-refractivity contribution >= 4 is 38.5 Å². The normalized spacial score (nSPS) is 25.9. The Kier molecular flexibility index (Phi) is 3.90. The number of anilines is 1. The van der Waals surface area contributed by atoms with Gasteiger partial charge in [0.05, 0.1) is 11.7 Å². The topological polar surface area (TPSA) is 24.4 Å². The highest BCUT2D eigenvalue weighted by Gasteiger charge is 2.31. The molecule has 3 rings (SSSR count). The second-order valence-electron chi connectivity index (χ2n) is 5.57. The van der Waals surface area contributed by atoms with E-state index in [1.54, 1.807) is 0 Å². The summed E-state index contributed by atoms with van der Waals surface area (Å²) in [6, 6.07) is 4.93. The Morgan fingerprint density at radius 1 is 1.32 bits per heavy atom. The number of rotatable bonds is 1. The molecular formula is C15H19BrN2S. The van der Waals surface area contributed by atoms with Crippen LogP contribution >= 0.6 is 27.7 Å². The monoisotopic (exact) mass is 338 g/mol. The second kappa shape index (κ2) is 5.49. The van der Waals surface area contributed by atoms with Gasteiger partial charge in [-0.25, -0.2) is 0 Å². The lowest BCUT2D eigenvalue weighted by atomic mass is 10.1. The average Bonchev–Trinajstić information content (AvgIpc) is 2.81. The van der Waals surface area contributed by atoms with Crippen LogP contribution in [0.25, 0.3) is 0 Å². The molecule has 1 aromatic rings. The summed E-state index contributed by atoms with van der Waals surface area (Å²) in [5.74, 6) is 2.04. The van der Waals surface area contributed by atoms with Crippen molar-refractivity contribution in [1.82, 2.24) is 0 Å². The number of hydrogen-bond donors (Lipinski definition) is 1. The fraction of sp³-hybridized carbons (Fsp3) is 0.533. The molecule has 2 nitrogen and oxygen atoms in total. The van der Waals surface area contributed by atoms with Crippen LogP contribution in [0.3, 0.4) is 0 Å². The van der Waals surface area contributed by atoms with E-state index in [1.807, 2.05) is 11.8 Å². The van der Waals surface area contributed by atoms with Crippen LogP contribution in [0.2, 0.25) is 0 Å². The molecule has 1 fully saturated rings. The SMILES string of the molecule is Cc1cc(C)c(NC2=NC3CCCC3CS2)c(Br)c1. The highest BCUT2D eigenvalue weighted by molar-refractivity contribution is 9.10. The molecule has 0 radical (unpaired) electrons. The molecule has 102 valence electrons. The first-order chi connectivity index (χ1) is 9.13. The lowest BCUT2D eigenvalue weighted by Crippen LogP contribution is -2.25. The number of halogens is 1. The van der Waals surface area contributed by atoms with E-state index in [4.69, 9.17) is 4.99 Å². The van der Waals surface area contributed by atoms with Gasteiger partial charge in [0, 0.05) is 10.2 Å². The van der Waals surface area contributed by atoms with Gasteiger partial charge in [0.2, 0.25) is 0 Å². The van der Waals surface area contributed by atoms with Crippen molar-refractivity contribution in [3.8, 4) is 0 Å². The zero-order valence-electron chi connectivity index (χ0n) is 11.4. The molecule has 0 saturated heterocycles. The van der Waals surface area contributed by atoms with E-state index >= 15 is 0 Å². The number of nitrogens with zero attached hydrogens (tertiary/aromatic N) is 1. The molecule has 0 amide bonds. The molecule has 19 heavy (non-hydrogen) atoms. The summed E-state index contributed by atoms with van der Waals surface area (Å²) in [6.07, 6.45) is 3.98. The number of amidine groups is 1. The molecule has 1 N–H and O–H groups in total. The van der Waals surface area contributed by atoms with Crippen LogP contribution in [0.1, 0.15) is 30.4 Å². The van der Waals surface area contributed by atoms with Crippen LogP contribution in [-0.2, 0) is 0 Å². The van der Waals surface area contributed by atoms with Crippen molar-refractivity contribution in [2.75, 3.05) is 11.1 Å². The molecular weight excluding hydrogens is 320 g/mol. The molecule has 1 aliphatic heterocycles. The molecule has 2 aliphatic rings. The van der Waals surface area contributed by atoms with Gasteiger partial charge in [-0.15, -0.1) is 0 Å². The third kappa shape index (κ3) is 2.84. The molecule has 0 spiro atoms. The highest BCUT2D eigenvalue weighted by atomic mass is 79.9. The van der Waals surface area contributed by atoms with Gasteiger partial charge in [0.1, 0.15) is 0 Å². The number of nitrogens with one attached hydrogen (secondary N) is 1. The van der Waals surface area contributed by atoms with Gasteiger partial charge in [-0.3, -0.25) is 4.99 Å². The summed E-state index contributed by atoms with van der Waals surface area (Å²) >= 11 is 5.53. The second-order valence-corrected chi connectivity index (χ2v) is 7.43. The Balaban J connectivity index is 1.82. The van der Waals surface area contributed by atoms with Gasteiger partial charge in [0.25, 0.3) is 0 Å². The summed E-state index contributed by atoms with van der Waals surface area (Å²) < 4.78 is 1.13. The summed E-state index contributed by atoms with van der Waals surface area (Å²) in [4.78, 5) is 4.89. The first-order valence-corrected chi connectivity index (χ1v) is 8.65. The molecule has 1 saturated carbocycles. The summed E-state index contributed by atoms with van der Waals surface area (Å²) in [7, 11) is 0. The van der Waals surface area contributed by atoms with Crippen LogP contribution in [0.5, 0.6) is 0 Å². The van der Waals surface area contributed by atoms with Crippen LogP contribution < -0.4 is 5.32 Å². The molecule has 1 heterocycles. The van der Waals surface area contributed by atoms with Gasteiger partial charge in [0.15, 0.2) is 5.17 Å². The van der Waals surface area contributed by atoms with Crippen LogP contribution in [0.15, 0.2) is 21.6 Å². The fourth-order valence-electron chi connectivity index (χ4n) is 3.00. The third-order valence-electron chi connectivity index (χ3n) is 4.00. The predicted molar refractivity (Wildman–Crippen MR) is 88.3 cm³/mol. The van der Waals surface area contributed by atoms with Crippen molar-refractivity contribution in [1.29, 1.82) is 0 Å². The smallest absolute Gasteiger partial charge is 0.161 e. The number of thioether (sulfide) groups is 1. The fourth-order valence-corrected chi connectivity index (χ4v) is 4.92. The molecule has 1 aromatic carbocycles. The van der Waals surface area contributed by atoms with Gasteiger partial charge >= 0.3 is 0 Å². The number of aliphatic imine (C=N–C) groups is 1. The number of benzene rings is 1. The summed E-state index contributed by atoms with van der Waals surface area (Å²) in [5, 5.41) is 4.62. The van der Waals surface area contributed by atoms with Crippen LogP contribution in [0, 0.1) is 19.8 Å². The molecule has 0 aromatic heterocycles. The van der Waals surface area contributed by atoms with E-state index in [1.165, 1.54) is 36.1 Å². The molecule has 2 atom stereocenters. The lowest BCUT2D eigenvalue weighted by Gasteiger charge is -2.24. The van der Waals surface area contributed by atoms with E-state index < -0.39 is 0 Å². The van der Waals surface area contributed by atoms with Gasteiger partial charge in [-0.05, 0) is 65.7 Å². The minimum absolute atomic E-state index is 0.563. The average molecular weight is 339 g/mol. The lowest BCUT2D eigenvalue weighted by molar-refractivity contribution is 0.535. The maximum Gasteiger partial charge on any atom is 0.161 e. The van der Waals surface area contributed by atoms with Crippen molar-refractivity contribution in [2.45, 2.75) is 39.2 Å². The van der Waals surface area contributed by atoms with E-state index in [0.29, 0.717) is 6.04 Å². The van der Waals surface area contributed by atoms with E-state index in [2.05, 4.69) is 47.2 Å². The van der Waals surface area contributed by atoms with Crippen molar-refractivity contribution < 1.29 is 0 Å². The maximum atomic E-state index is 4.89. The summed E-state index contributed by atoms with van der Waals surface area (Å²) in [5.41, 5.74) is 3.71. The maximum absolute atomic E-state index is 4.89. The third-order valence-corrected chi connectivity index (χ3v) is 5.70. The Hall–Kier alpha value is -0.480. The van der Waals surface area contributed by atoms with Crippen LogP contribution in [-0.4, -0.2) is 17.0 Å². The zero-order chi connectivity index (χ0) is 13.4. The standard InChI is InChI=1S/C15H19BrN2S/c1-9-6-10(2)14(12(16)7-9)18-15-17-13-5-3-4-11(13)8-19-15/h6-7,11,13H,3-5,8H2,1-2H3,(H,17,18). The first kappa shape index (κ1) is 13.5.